The van der Waals surface area contributed by atoms with Gasteiger partial charge in [-0.15, -0.1) is 0 Å². The van der Waals surface area contributed by atoms with Gasteiger partial charge in [-0.2, -0.15) is 0 Å². The molecule has 0 saturated heterocycles. The van der Waals surface area contributed by atoms with Crippen LogP contribution in [0.2, 0.25) is 0 Å². The first-order valence-corrected chi connectivity index (χ1v) is 7.99. The fraction of sp³-hybridized carbons (Fsp3) is 0.167. The summed E-state index contributed by atoms with van der Waals surface area (Å²) in [5, 5.41) is 10.6. The van der Waals surface area contributed by atoms with E-state index in [1.54, 1.807) is 48.5 Å². The van der Waals surface area contributed by atoms with Gasteiger partial charge in [0.05, 0.1) is 0 Å². The number of primary amides is 1. The van der Waals surface area contributed by atoms with Crippen molar-refractivity contribution in [2.24, 2.45) is 5.73 Å². The molecule has 0 aliphatic rings. The average Bonchev–Trinajstić information content (AvgIpc) is 2.54. The van der Waals surface area contributed by atoms with Crippen LogP contribution in [0, 0.1) is 0 Å². The normalized spacial score (nSPS) is 10.1. The van der Waals surface area contributed by atoms with E-state index in [0.717, 1.165) is 0 Å². The summed E-state index contributed by atoms with van der Waals surface area (Å²) in [5.41, 5.74) is 7.06. The smallest absolute Gasteiger partial charge is 0.319 e. The van der Waals surface area contributed by atoms with Gasteiger partial charge < -0.3 is 27.0 Å². The molecule has 0 radical (unpaired) electrons. The standard InChI is InChI=1S/C18H21N5O3/c1-11(2)20-18(26)23-13-8-6-12(7-9-13)16(24)21-14-4-3-5-15(10-14)22-17(19)25/h3-11H,1-2H3,(H,21,24)(H3,19,22,25)(H2,20,23,26). The third kappa shape index (κ3) is 5.82. The Morgan fingerprint density at radius 2 is 1.46 bits per heavy atom. The molecule has 5 amide bonds. The van der Waals surface area contributed by atoms with Crippen molar-refractivity contribution >= 4 is 35.0 Å². The van der Waals surface area contributed by atoms with Crippen molar-refractivity contribution in [3.05, 3.63) is 54.1 Å². The second-order valence-electron chi connectivity index (χ2n) is 5.85. The maximum atomic E-state index is 12.3. The molecule has 8 heteroatoms. The number of urea groups is 2. The van der Waals surface area contributed by atoms with Crippen molar-refractivity contribution in [2.45, 2.75) is 19.9 Å². The lowest BCUT2D eigenvalue weighted by molar-refractivity contribution is 0.102. The van der Waals surface area contributed by atoms with Gasteiger partial charge in [0.2, 0.25) is 0 Å². The number of anilines is 3. The number of hydrogen-bond acceptors (Lipinski definition) is 3. The van der Waals surface area contributed by atoms with Crippen molar-refractivity contribution in [3.63, 3.8) is 0 Å². The average molecular weight is 355 g/mol. The Morgan fingerprint density at radius 1 is 0.846 bits per heavy atom. The first-order chi connectivity index (χ1) is 12.3. The number of carbonyl (C=O) groups is 3. The van der Waals surface area contributed by atoms with E-state index in [0.29, 0.717) is 22.6 Å². The van der Waals surface area contributed by atoms with Gasteiger partial charge in [-0.25, -0.2) is 9.59 Å². The molecule has 8 nitrogen and oxygen atoms in total. The molecule has 136 valence electrons. The molecular weight excluding hydrogens is 334 g/mol. The lowest BCUT2D eigenvalue weighted by Crippen LogP contribution is -2.34. The minimum Gasteiger partial charge on any atom is -0.351 e. The van der Waals surface area contributed by atoms with E-state index >= 15 is 0 Å². The molecule has 26 heavy (non-hydrogen) atoms. The van der Waals surface area contributed by atoms with Gasteiger partial charge in [0.1, 0.15) is 0 Å². The quantitative estimate of drug-likeness (QED) is 0.566. The molecule has 0 saturated carbocycles. The second-order valence-corrected chi connectivity index (χ2v) is 5.85. The van der Waals surface area contributed by atoms with Gasteiger partial charge in [-0.1, -0.05) is 6.07 Å². The minimum atomic E-state index is -0.682. The van der Waals surface area contributed by atoms with Crippen molar-refractivity contribution < 1.29 is 14.4 Å². The number of nitrogens with two attached hydrogens (primary N) is 1. The van der Waals surface area contributed by atoms with Crippen LogP contribution in [0.1, 0.15) is 24.2 Å². The Morgan fingerprint density at radius 3 is 2.04 bits per heavy atom. The summed E-state index contributed by atoms with van der Waals surface area (Å²) < 4.78 is 0. The highest BCUT2D eigenvalue weighted by molar-refractivity contribution is 6.05. The maximum Gasteiger partial charge on any atom is 0.319 e. The van der Waals surface area contributed by atoms with Crippen LogP contribution in [0.25, 0.3) is 0 Å². The Balaban J connectivity index is 1.99. The van der Waals surface area contributed by atoms with Crippen molar-refractivity contribution in [2.75, 3.05) is 16.0 Å². The lowest BCUT2D eigenvalue weighted by Gasteiger charge is -2.11. The van der Waals surface area contributed by atoms with Crippen molar-refractivity contribution in [1.82, 2.24) is 5.32 Å². The lowest BCUT2D eigenvalue weighted by atomic mass is 10.2. The monoisotopic (exact) mass is 355 g/mol. The molecule has 0 heterocycles. The summed E-state index contributed by atoms with van der Waals surface area (Å²) in [6, 6.07) is 12.1. The molecule has 0 bridgehead atoms. The third-order valence-corrected chi connectivity index (χ3v) is 3.21. The highest BCUT2D eigenvalue weighted by Crippen LogP contribution is 2.17. The Bertz CT molecular complexity index is 803. The van der Waals surface area contributed by atoms with Crippen molar-refractivity contribution in [3.8, 4) is 0 Å². The van der Waals surface area contributed by atoms with Crippen LogP contribution in [0.4, 0.5) is 26.7 Å². The van der Waals surface area contributed by atoms with Crippen LogP contribution in [-0.2, 0) is 0 Å². The fourth-order valence-corrected chi connectivity index (χ4v) is 2.15. The molecule has 0 aromatic heterocycles. The Labute approximate surface area is 151 Å². The van der Waals surface area contributed by atoms with Crippen LogP contribution >= 0.6 is 0 Å². The minimum absolute atomic E-state index is 0.0277. The Hall–Kier alpha value is -3.55. The number of carbonyl (C=O) groups excluding carboxylic acids is 3. The molecule has 0 aliphatic heterocycles. The van der Waals surface area contributed by atoms with Gasteiger partial charge >= 0.3 is 12.1 Å². The zero-order valence-corrected chi connectivity index (χ0v) is 14.5. The van der Waals surface area contributed by atoms with E-state index in [9.17, 15) is 14.4 Å². The Kier molecular flexibility index (Phi) is 6.15. The summed E-state index contributed by atoms with van der Waals surface area (Å²) in [7, 11) is 0. The fourth-order valence-electron chi connectivity index (χ4n) is 2.15. The molecule has 2 rings (SSSR count). The topological polar surface area (TPSA) is 125 Å². The van der Waals surface area contributed by atoms with E-state index in [-0.39, 0.29) is 18.0 Å². The summed E-state index contributed by atoms with van der Waals surface area (Å²) in [5.74, 6) is -0.320. The van der Waals surface area contributed by atoms with Crippen LogP contribution in [0.3, 0.4) is 0 Å². The van der Waals surface area contributed by atoms with Gasteiger partial charge in [0.25, 0.3) is 5.91 Å². The molecular formula is C18H21N5O3. The molecule has 0 aliphatic carbocycles. The number of rotatable bonds is 5. The number of benzene rings is 2. The molecule has 0 unspecified atom stereocenters. The van der Waals surface area contributed by atoms with Gasteiger partial charge in [0.15, 0.2) is 0 Å². The van der Waals surface area contributed by atoms with E-state index < -0.39 is 6.03 Å². The SMILES string of the molecule is CC(C)NC(=O)Nc1ccc(C(=O)Nc2cccc(NC(N)=O)c2)cc1. The highest BCUT2D eigenvalue weighted by Gasteiger charge is 2.08. The summed E-state index contributed by atoms with van der Waals surface area (Å²) in [6.45, 7) is 3.72. The van der Waals surface area contributed by atoms with Crippen LogP contribution < -0.4 is 27.0 Å². The molecule has 0 atom stereocenters. The van der Waals surface area contributed by atoms with E-state index in [2.05, 4.69) is 21.3 Å². The van der Waals surface area contributed by atoms with E-state index in [1.165, 1.54) is 0 Å². The van der Waals surface area contributed by atoms with Gasteiger partial charge in [-0.05, 0) is 56.3 Å². The summed E-state index contributed by atoms with van der Waals surface area (Å²) in [6.07, 6.45) is 0. The van der Waals surface area contributed by atoms with E-state index in [4.69, 9.17) is 5.73 Å². The van der Waals surface area contributed by atoms with Gasteiger partial charge in [0, 0.05) is 28.7 Å². The number of hydrogen-bond donors (Lipinski definition) is 5. The van der Waals surface area contributed by atoms with Crippen LogP contribution in [0.5, 0.6) is 0 Å². The number of amides is 5. The molecule has 0 fully saturated rings. The van der Waals surface area contributed by atoms with Crippen LogP contribution in [-0.4, -0.2) is 24.0 Å². The molecule has 2 aromatic rings. The van der Waals surface area contributed by atoms with Crippen molar-refractivity contribution in [1.29, 1.82) is 0 Å². The van der Waals surface area contributed by atoms with Gasteiger partial charge in [-0.3, -0.25) is 4.79 Å². The first kappa shape index (κ1) is 18.8. The molecule has 2 aromatic carbocycles. The largest absolute Gasteiger partial charge is 0.351 e. The number of nitrogens with one attached hydrogen (secondary N) is 4. The maximum absolute atomic E-state index is 12.3. The zero-order valence-electron chi connectivity index (χ0n) is 14.5. The van der Waals surface area contributed by atoms with E-state index in [1.807, 2.05) is 13.8 Å². The second kappa shape index (κ2) is 8.52. The zero-order chi connectivity index (χ0) is 19.1. The molecule has 0 spiro atoms. The van der Waals surface area contributed by atoms with Crippen LogP contribution in [0.15, 0.2) is 48.5 Å². The first-order valence-electron chi connectivity index (χ1n) is 7.99. The predicted octanol–water partition coefficient (Wildman–Crippen LogP) is 2.96. The third-order valence-electron chi connectivity index (χ3n) is 3.21. The predicted molar refractivity (Wildman–Crippen MR) is 101 cm³/mol. The summed E-state index contributed by atoms with van der Waals surface area (Å²) in [4.78, 5) is 34.8. The highest BCUT2D eigenvalue weighted by atomic mass is 16.2. The molecule has 6 N–H and O–H groups in total. The summed E-state index contributed by atoms with van der Waals surface area (Å²) >= 11 is 0.